The maximum absolute atomic E-state index is 11.9. The first-order valence-electron chi connectivity index (χ1n) is 9.26. The van der Waals surface area contributed by atoms with E-state index in [1.807, 2.05) is 42.5 Å². The van der Waals surface area contributed by atoms with E-state index in [0.717, 1.165) is 37.7 Å². The van der Waals surface area contributed by atoms with Gasteiger partial charge in [0.25, 0.3) is 0 Å². The van der Waals surface area contributed by atoms with Gasteiger partial charge in [-0.25, -0.2) is 4.79 Å². The molecule has 0 spiro atoms. The molecule has 0 fully saturated rings. The Morgan fingerprint density at radius 1 is 0.840 bits per heavy atom. The molecule has 0 unspecified atom stereocenters. The summed E-state index contributed by atoms with van der Waals surface area (Å²) in [6, 6.07) is 18.0. The molecule has 3 heteroatoms. The average Bonchev–Trinajstić information content (AvgIpc) is 2.64. The van der Waals surface area contributed by atoms with Gasteiger partial charge in [-0.2, -0.15) is 0 Å². The molecular formula is C22H28O3. The van der Waals surface area contributed by atoms with E-state index in [4.69, 9.17) is 9.47 Å². The van der Waals surface area contributed by atoms with Gasteiger partial charge in [0.15, 0.2) is 0 Å². The van der Waals surface area contributed by atoms with Gasteiger partial charge in [0.2, 0.25) is 0 Å². The van der Waals surface area contributed by atoms with E-state index in [1.165, 1.54) is 18.4 Å². The first-order chi connectivity index (χ1) is 12.3. The van der Waals surface area contributed by atoms with Crippen molar-refractivity contribution in [1.29, 1.82) is 0 Å². The fourth-order valence-corrected chi connectivity index (χ4v) is 2.73. The molecule has 0 radical (unpaired) electrons. The van der Waals surface area contributed by atoms with E-state index in [0.29, 0.717) is 12.4 Å². The van der Waals surface area contributed by atoms with Crippen LogP contribution < -0.4 is 4.74 Å². The van der Waals surface area contributed by atoms with E-state index in [1.54, 1.807) is 0 Å². The Bertz CT molecular complexity index is 622. The summed E-state index contributed by atoms with van der Waals surface area (Å²) in [5.74, 6) is 0.618. The predicted octanol–water partition coefficient (Wildman–Crippen LogP) is 5.96. The second-order valence-electron chi connectivity index (χ2n) is 6.21. The van der Waals surface area contributed by atoms with Crippen LogP contribution in [0.3, 0.4) is 0 Å². The molecule has 0 atom stereocenters. The van der Waals surface area contributed by atoms with Crippen LogP contribution in [0.2, 0.25) is 0 Å². The second kappa shape index (κ2) is 11.3. The minimum Gasteiger partial charge on any atom is -0.434 e. The molecule has 0 aliphatic carbocycles. The molecule has 0 saturated heterocycles. The molecule has 134 valence electrons. The molecule has 0 heterocycles. The number of benzene rings is 2. The lowest BCUT2D eigenvalue weighted by Gasteiger charge is -2.10. The molecule has 3 nitrogen and oxygen atoms in total. The van der Waals surface area contributed by atoms with E-state index < -0.39 is 6.16 Å². The zero-order valence-corrected chi connectivity index (χ0v) is 15.1. The Morgan fingerprint density at radius 3 is 2.36 bits per heavy atom. The third kappa shape index (κ3) is 7.42. The zero-order chi connectivity index (χ0) is 17.7. The standard InChI is InChI=1S/C22H28O3/c1-2-3-5-15-20-16-8-9-17-21(20)25-22(23)24-18-11-10-14-19-12-6-4-7-13-19/h4,6-9,12-13,16-17H,2-3,5,10-11,14-15,18H2,1H3. The maximum atomic E-state index is 11.9. The summed E-state index contributed by atoms with van der Waals surface area (Å²) in [7, 11) is 0. The third-order valence-electron chi connectivity index (χ3n) is 4.14. The lowest BCUT2D eigenvalue weighted by atomic mass is 10.1. The molecule has 0 saturated carbocycles. The monoisotopic (exact) mass is 340 g/mol. The van der Waals surface area contributed by atoms with Crippen molar-refractivity contribution in [3.8, 4) is 5.75 Å². The molecule has 2 aromatic carbocycles. The smallest absolute Gasteiger partial charge is 0.434 e. The summed E-state index contributed by atoms with van der Waals surface area (Å²) in [4.78, 5) is 11.9. The minimum atomic E-state index is -0.609. The summed E-state index contributed by atoms with van der Waals surface area (Å²) >= 11 is 0. The van der Waals surface area contributed by atoms with Crippen LogP contribution in [0.1, 0.15) is 50.2 Å². The van der Waals surface area contributed by atoms with Crippen LogP contribution >= 0.6 is 0 Å². The van der Waals surface area contributed by atoms with Crippen molar-refractivity contribution in [2.75, 3.05) is 6.61 Å². The van der Waals surface area contributed by atoms with Gasteiger partial charge in [-0.3, -0.25) is 0 Å². The van der Waals surface area contributed by atoms with Gasteiger partial charge in [0.1, 0.15) is 5.75 Å². The van der Waals surface area contributed by atoms with Crippen molar-refractivity contribution in [2.45, 2.75) is 51.9 Å². The average molecular weight is 340 g/mol. The Morgan fingerprint density at radius 2 is 1.56 bits per heavy atom. The first-order valence-corrected chi connectivity index (χ1v) is 9.26. The van der Waals surface area contributed by atoms with Gasteiger partial charge in [-0.15, -0.1) is 0 Å². The highest BCUT2D eigenvalue weighted by Crippen LogP contribution is 2.21. The van der Waals surface area contributed by atoms with Crippen LogP contribution in [0.4, 0.5) is 4.79 Å². The van der Waals surface area contributed by atoms with Crippen LogP contribution in [0.15, 0.2) is 54.6 Å². The van der Waals surface area contributed by atoms with Crippen molar-refractivity contribution in [1.82, 2.24) is 0 Å². The lowest BCUT2D eigenvalue weighted by molar-refractivity contribution is 0.0971. The number of unbranched alkanes of at least 4 members (excludes halogenated alkanes) is 3. The number of rotatable bonds is 10. The van der Waals surface area contributed by atoms with E-state index in [2.05, 4.69) is 19.1 Å². The molecule has 2 aromatic rings. The molecule has 0 aliphatic heterocycles. The van der Waals surface area contributed by atoms with Gasteiger partial charge in [0.05, 0.1) is 6.61 Å². The molecule has 0 aromatic heterocycles. The van der Waals surface area contributed by atoms with Gasteiger partial charge in [0, 0.05) is 0 Å². The van der Waals surface area contributed by atoms with E-state index in [9.17, 15) is 4.79 Å². The third-order valence-corrected chi connectivity index (χ3v) is 4.14. The van der Waals surface area contributed by atoms with Gasteiger partial charge in [-0.1, -0.05) is 68.3 Å². The number of carbonyl (C=O) groups excluding carboxylic acids is 1. The van der Waals surface area contributed by atoms with Gasteiger partial charge >= 0.3 is 6.16 Å². The molecule has 25 heavy (non-hydrogen) atoms. The maximum Gasteiger partial charge on any atom is 0.513 e. The lowest BCUT2D eigenvalue weighted by Crippen LogP contribution is -2.12. The molecular weight excluding hydrogens is 312 g/mol. The Balaban J connectivity index is 1.68. The molecule has 0 bridgehead atoms. The Kier molecular flexibility index (Phi) is 8.60. The largest absolute Gasteiger partial charge is 0.513 e. The first kappa shape index (κ1) is 19.0. The summed E-state index contributed by atoms with van der Waals surface area (Å²) in [5.41, 5.74) is 2.38. The number of hydrogen-bond donors (Lipinski definition) is 0. The van der Waals surface area contributed by atoms with Crippen molar-refractivity contribution in [2.24, 2.45) is 0 Å². The summed E-state index contributed by atoms with van der Waals surface area (Å²) < 4.78 is 10.6. The number of aryl methyl sites for hydroxylation is 2. The number of para-hydroxylation sites is 1. The quantitative estimate of drug-likeness (QED) is 0.304. The van der Waals surface area contributed by atoms with Gasteiger partial charge in [-0.05, 0) is 49.3 Å². The summed E-state index contributed by atoms with van der Waals surface area (Å²) in [5, 5.41) is 0. The zero-order valence-electron chi connectivity index (χ0n) is 15.1. The summed E-state index contributed by atoms with van der Waals surface area (Å²) in [6.07, 6.45) is 6.60. The minimum absolute atomic E-state index is 0.393. The van der Waals surface area contributed by atoms with Crippen LogP contribution in [0, 0.1) is 0 Å². The van der Waals surface area contributed by atoms with Crippen LogP contribution in [-0.2, 0) is 17.6 Å². The highest BCUT2D eigenvalue weighted by atomic mass is 16.7. The van der Waals surface area contributed by atoms with Crippen molar-refractivity contribution in [3.05, 3.63) is 65.7 Å². The Labute approximate surface area is 151 Å². The second-order valence-corrected chi connectivity index (χ2v) is 6.21. The molecule has 0 aliphatic rings. The number of hydrogen-bond acceptors (Lipinski definition) is 3. The number of ether oxygens (including phenoxy) is 2. The molecule has 2 rings (SSSR count). The normalized spacial score (nSPS) is 10.4. The summed E-state index contributed by atoms with van der Waals surface area (Å²) in [6.45, 7) is 2.57. The van der Waals surface area contributed by atoms with E-state index >= 15 is 0 Å². The predicted molar refractivity (Wildman–Crippen MR) is 101 cm³/mol. The van der Waals surface area contributed by atoms with Gasteiger partial charge < -0.3 is 9.47 Å². The SMILES string of the molecule is CCCCCc1ccccc1OC(=O)OCCCCc1ccccc1. The number of carbonyl (C=O) groups is 1. The van der Waals surface area contributed by atoms with Crippen LogP contribution in [-0.4, -0.2) is 12.8 Å². The van der Waals surface area contributed by atoms with Crippen molar-refractivity contribution < 1.29 is 14.3 Å². The highest BCUT2D eigenvalue weighted by molar-refractivity contribution is 5.64. The van der Waals surface area contributed by atoms with E-state index in [-0.39, 0.29) is 0 Å². The molecule has 0 amide bonds. The highest BCUT2D eigenvalue weighted by Gasteiger charge is 2.09. The molecule has 0 N–H and O–H groups in total. The Hall–Kier alpha value is -2.29. The van der Waals surface area contributed by atoms with Crippen LogP contribution in [0.25, 0.3) is 0 Å². The topological polar surface area (TPSA) is 35.5 Å². The van der Waals surface area contributed by atoms with Crippen molar-refractivity contribution in [3.63, 3.8) is 0 Å². The fourth-order valence-electron chi connectivity index (χ4n) is 2.73. The van der Waals surface area contributed by atoms with Crippen LogP contribution in [0.5, 0.6) is 5.75 Å². The fraction of sp³-hybridized carbons (Fsp3) is 0.409. The van der Waals surface area contributed by atoms with Crippen molar-refractivity contribution >= 4 is 6.16 Å².